The molecule has 1 aliphatic heterocycles. The van der Waals surface area contributed by atoms with Gasteiger partial charge in [-0.05, 0) is 25.0 Å². The van der Waals surface area contributed by atoms with Gasteiger partial charge in [0.15, 0.2) is 12.0 Å². The van der Waals surface area contributed by atoms with Crippen LogP contribution in [0.25, 0.3) is 5.76 Å². The molecule has 1 atom stereocenters. The van der Waals surface area contributed by atoms with Crippen LogP contribution in [0.15, 0.2) is 18.2 Å². The summed E-state index contributed by atoms with van der Waals surface area (Å²) in [5, 5.41) is 1.28. The van der Waals surface area contributed by atoms with Gasteiger partial charge in [-0.3, -0.25) is 0 Å². The van der Waals surface area contributed by atoms with Gasteiger partial charge in [-0.15, -0.1) is 11.6 Å². The molecule has 0 bridgehead atoms. The third-order valence-corrected chi connectivity index (χ3v) is 3.71. The van der Waals surface area contributed by atoms with Crippen molar-refractivity contribution in [1.82, 2.24) is 0 Å². The first-order chi connectivity index (χ1) is 9.78. The van der Waals surface area contributed by atoms with E-state index in [2.05, 4.69) is 4.90 Å². The van der Waals surface area contributed by atoms with Crippen molar-refractivity contribution in [2.75, 3.05) is 31.5 Å². The maximum atomic E-state index is 11.1. The number of methoxy groups -OCH3 is 2. The first-order valence-corrected chi connectivity index (χ1v) is 7.09. The molecule has 0 aromatic heterocycles. The zero-order chi connectivity index (χ0) is 14.5. The lowest BCUT2D eigenvalue weighted by Gasteiger charge is -2.27. The van der Waals surface area contributed by atoms with Crippen molar-refractivity contribution >= 4 is 29.0 Å². The molecule has 20 heavy (non-hydrogen) atoms. The van der Waals surface area contributed by atoms with E-state index < -0.39 is 0 Å². The molecule has 0 spiro atoms. The molecule has 0 fully saturated rings. The predicted molar refractivity (Wildman–Crippen MR) is 79.0 cm³/mol. The Kier molecular flexibility index (Phi) is 5.07. The number of hydrogen-bond donors (Lipinski definition) is 0. The average Bonchev–Trinajstić information content (AvgIpc) is 2.80. The van der Waals surface area contributed by atoms with Gasteiger partial charge in [-0.2, -0.15) is 0 Å². The summed E-state index contributed by atoms with van der Waals surface area (Å²) in [5.74, 6) is 3.27. The van der Waals surface area contributed by atoms with Crippen LogP contribution in [0.5, 0.6) is 0 Å². The fourth-order valence-electron chi connectivity index (χ4n) is 2.57. The summed E-state index contributed by atoms with van der Waals surface area (Å²) in [6.45, 7) is 0.799. The molecular weight excluding hydrogens is 278 g/mol. The lowest BCUT2D eigenvalue weighted by Crippen LogP contribution is -2.35. The van der Waals surface area contributed by atoms with Gasteiger partial charge in [0, 0.05) is 19.5 Å². The smallest absolute Gasteiger partial charge is 0.189 e. The molecular formula is C15H18ClNO3. The Morgan fingerprint density at radius 3 is 2.75 bits per heavy atom. The molecule has 0 amide bonds. The highest BCUT2D eigenvalue weighted by molar-refractivity contribution is 6.17. The SMILES string of the molecule is COC1=c2c(cccc2=C=O)N(CCCCCl)C1OC. The molecule has 1 aromatic carbocycles. The molecule has 0 radical (unpaired) electrons. The van der Waals surface area contributed by atoms with Gasteiger partial charge in [-0.1, -0.05) is 6.07 Å². The summed E-state index contributed by atoms with van der Waals surface area (Å²) < 4.78 is 11.0. The minimum absolute atomic E-state index is 0.306. The highest BCUT2D eigenvalue weighted by Gasteiger charge is 2.32. The van der Waals surface area contributed by atoms with E-state index in [1.54, 1.807) is 20.3 Å². The molecule has 108 valence electrons. The van der Waals surface area contributed by atoms with Crippen LogP contribution in [-0.2, 0) is 14.3 Å². The molecule has 0 saturated heterocycles. The highest BCUT2D eigenvalue weighted by Crippen LogP contribution is 2.25. The largest absolute Gasteiger partial charge is 0.496 e. The maximum Gasteiger partial charge on any atom is 0.189 e. The second-order valence-corrected chi connectivity index (χ2v) is 4.93. The van der Waals surface area contributed by atoms with Gasteiger partial charge in [0.1, 0.15) is 5.94 Å². The topological polar surface area (TPSA) is 38.8 Å². The van der Waals surface area contributed by atoms with E-state index in [-0.39, 0.29) is 6.23 Å². The van der Waals surface area contributed by atoms with E-state index in [0.29, 0.717) is 16.9 Å². The zero-order valence-electron chi connectivity index (χ0n) is 11.7. The lowest BCUT2D eigenvalue weighted by atomic mass is 10.2. The van der Waals surface area contributed by atoms with Gasteiger partial charge in [0.25, 0.3) is 0 Å². The van der Waals surface area contributed by atoms with Crippen LogP contribution in [0.2, 0.25) is 0 Å². The molecule has 1 aliphatic rings. The number of unbranched alkanes of at least 4 members (excludes halogenated alkanes) is 1. The van der Waals surface area contributed by atoms with Crippen LogP contribution in [0.1, 0.15) is 12.8 Å². The number of hydrogen-bond acceptors (Lipinski definition) is 4. The number of alkyl halides is 1. The molecule has 0 saturated carbocycles. The van der Waals surface area contributed by atoms with Crippen LogP contribution in [-0.4, -0.2) is 38.8 Å². The number of rotatable bonds is 6. The third kappa shape index (κ3) is 2.55. The fraction of sp³-hybridized carbons (Fsp3) is 0.467. The Morgan fingerprint density at radius 2 is 2.15 bits per heavy atom. The Balaban J connectivity index is 2.50. The monoisotopic (exact) mass is 295 g/mol. The quantitative estimate of drug-likeness (QED) is 0.574. The van der Waals surface area contributed by atoms with Crippen molar-refractivity contribution in [1.29, 1.82) is 0 Å². The van der Waals surface area contributed by atoms with E-state index in [4.69, 9.17) is 21.1 Å². The van der Waals surface area contributed by atoms with E-state index in [9.17, 15) is 4.79 Å². The second-order valence-electron chi connectivity index (χ2n) is 4.55. The number of benzene rings is 1. The van der Waals surface area contributed by atoms with E-state index in [1.165, 1.54) is 0 Å². The molecule has 1 unspecified atom stereocenters. The van der Waals surface area contributed by atoms with Crippen LogP contribution in [0, 0.1) is 0 Å². The number of fused-ring (bicyclic) bond motifs is 1. The van der Waals surface area contributed by atoms with E-state index in [1.807, 2.05) is 18.1 Å². The zero-order valence-corrected chi connectivity index (χ0v) is 12.4. The Hall–Kier alpha value is -1.48. The van der Waals surface area contributed by atoms with E-state index in [0.717, 1.165) is 30.3 Å². The van der Waals surface area contributed by atoms with Gasteiger partial charge in [0.2, 0.25) is 0 Å². The first kappa shape index (κ1) is 14.9. The van der Waals surface area contributed by atoms with Gasteiger partial charge >= 0.3 is 0 Å². The highest BCUT2D eigenvalue weighted by atomic mass is 35.5. The minimum atomic E-state index is -0.306. The number of halogens is 1. The van der Waals surface area contributed by atoms with Crippen molar-refractivity contribution in [2.45, 2.75) is 19.1 Å². The molecule has 1 aromatic rings. The standard InChI is InChI=1S/C15H18ClNO3/c1-19-14-13-11(10-18)6-5-7-12(13)17(15(14)20-2)9-4-3-8-16/h5-7,15H,3-4,8-9H2,1-2H3. The third-order valence-electron chi connectivity index (χ3n) is 3.44. The summed E-state index contributed by atoms with van der Waals surface area (Å²) in [6, 6.07) is 5.55. The second kappa shape index (κ2) is 6.80. The summed E-state index contributed by atoms with van der Waals surface area (Å²) in [6.07, 6.45) is 1.58. The average molecular weight is 296 g/mol. The van der Waals surface area contributed by atoms with Gasteiger partial charge < -0.3 is 14.4 Å². The molecule has 0 N–H and O–H groups in total. The predicted octanol–water partition coefficient (Wildman–Crippen LogP) is 0.756. The molecule has 5 heteroatoms. The molecule has 2 rings (SSSR count). The Morgan fingerprint density at radius 1 is 1.35 bits per heavy atom. The summed E-state index contributed by atoms with van der Waals surface area (Å²) >= 11 is 5.73. The molecule has 0 aliphatic carbocycles. The number of ether oxygens (including phenoxy) is 2. The summed E-state index contributed by atoms with van der Waals surface area (Å²) in [5.41, 5.74) is 0.948. The van der Waals surface area contributed by atoms with Crippen LogP contribution < -0.4 is 15.3 Å². The van der Waals surface area contributed by atoms with Crippen molar-refractivity contribution in [2.24, 2.45) is 0 Å². The van der Waals surface area contributed by atoms with Crippen LogP contribution in [0.3, 0.4) is 0 Å². The van der Waals surface area contributed by atoms with Crippen LogP contribution >= 0.6 is 11.6 Å². The van der Waals surface area contributed by atoms with Crippen molar-refractivity contribution in [3.63, 3.8) is 0 Å². The first-order valence-electron chi connectivity index (χ1n) is 6.56. The van der Waals surface area contributed by atoms with Crippen molar-refractivity contribution in [3.8, 4) is 0 Å². The Labute approximate surface area is 123 Å². The molecule has 4 nitrogen and oxygen atoms in total. The lowest BCUT2D eigenvalue weighted by molar-refractivity contribution is 0.116. The summed E-state index contributed by atoms with van der Waals surface area (Å²) in [4.78, 5) is 13.2. The van der Waals surface area contributed by atoms with Gasteiger partial charge in [-0.25, -0.2) is 4.79 Å². The van der Waals surface area contributed by atoms with Gasteiger partial charge in [0.05, 0.1) is 23.2 Å². The van der Waals surface area contributed by atoms with Crippen LogP contribution in [0.4, 0.5) is 5.69 Å². The van der Waals surface area contributed by atoms with E-state index >= 15 is 0 Å². The Bertz CT molecular complexity index is 610. The summed E-state index contributed by atoms with van der Waals surface area (Å²) in [7, 11) is 3.23. The number of carbonyl (C=O) groups excluding carboxylic acids is 1. The van der Waals surface area contributed by atoms with Crippen molar-refractivity contribution in [3.05, 3.63) is 28.6 Å². The number of nitrogens with zero attached hydrogens (tertiary/aromatic N) is 1. The minimum Gasteiger partial charge on any atom is -0.496 e. The number of anilines is 1. The maximum absolute atomic E-state index is 11.1. The fourth-order valence-corrected chi connectivity index (χ4v) is 2.76. The normalized spacial score (nSPS) is 17.1. The molecule has 1 heterocycles. The van der Waals surface area contributed by atoms with Crippen molar-refractivity contribution < 1.29 is 14.3 Å².